The highest BCUT2D eigenvalue weighted by Gasteiger charge is 2.38. The first-order chi connectivity index (χ1) is 12.2. The molecule has 2 aliphatic rings. The van der Waals surface area contributed by atoms with Crippen LogP contribution in [-0.4, -0.2) is 61.5 Å². The summed E-state index contributed by atoms with van der Waals surface area (Å²) in [5.74, 6) is 0.706. The fourth-order valence-corrected chi connectivity index (χ4v) is 4.03. The Balaban J connectivity index is 1.52. The number of nitrogens with one attached hydrogen (secondary N) is 1. The van der Waals surface area contributed by atoms with E-state index >= 15 is 0 Å². The summed E-state index contributed by atoms with van der Waals surface area (Å²) >= 11 is 0. The number of fused-ring (bicyclic) bond motifs is 1. The van der Waals surface area contributed by atoms with Crippen molar-refractivity contribution in [1.82, 2.24) is 15.1 Å². The number of carbonyl (C=O) groups excluding carboxylic acids is 1. The van der Waals surface area contributed by atoms with Crippen molar-refractivity contribution in [2.45, 2.75) is 25.3 Å². The Morgan fingerprint density at radius 1 is 1.28 bits per heavy atom. The van der Waals surface area contributed by atoms with Crippen LogP contribution in [0.25, 0.3) is 6.08 Å². The molecular weight excluding hydrogens is 317 g/mol. The monoisotopic (exact) mass is 345 g/mol. The van der Waals surface area contributed by atoms with Crippen LogP contribution in [0.1, 0.15) is 24.8 Å². The number of carbonyl (C=O) groups is 1. The van der Waals surface area contributed by atoms with Crippen LogP contribution in [0.5, 0.6) is 0 Å². The second-order valence-electron chi connectivity index (χ2n) is 7.06. The summed E-state index contributed by atoms with van der Waals surface area (Å²) < 4.78 is 12.9. The van der Waals surface area contributed by atoms with Crippen molar-refractivity contribution in [2.75, 3.05) is 39.8 Å². The molecule has 5 heteroatoms. The SMILES string of the molecule is CNCCN1C(=O)CC[C@H]2CN(C/C=C/c3ccc(F)cc3)CC[C@H]21. The van der Waals surface area contributed by atoms with Gasteiger partial charge in [0.25, 0.3) is 0 Å². The third kappa shape index (κ3) is 4.67. The van der Waals surface area contributed by atoms with Gasteiger partial charge in [0, 0.05) is 45.2 Å². The van der Waals surface area contributed by atoms with Gasteiger partial charge in [-0.2, -0.15) is 0 Å². The van der Waals surface area contributed by atoms with Gasteiger partial charge in [-0.25, -0.2) is 4.39 Å². The van der Waals surface area contributed by atoms with E-state index in [9.17, 15) is 9.18 Å². The summed E-state index contributed by atoms with van der Waals surface area (Å²) in [7, 11) is 1.93. The lowest BCUT2D eigenvalue weighted by atomic mass is 9.83. The second-order valence-corrected chi connectivity index (χ2v) is 7.06. The van der Waals surface area contributed by atoms with Gasteiger partial charge in [-0.1, -0.05) is 24.3 Å². The lowest BCUT2D eigenvalue weighted by molar-refractivity contribution is -0.140. The van der Waals surface area contributed by atoms with Gasteiger partial charge < -0.3 is 10.2 Å². The Hall–Kier alpha value is -1.72. The van der Waals surface area contributed by atoms with Crippen molar-refractivity contribution < 1.29 is 9.18 Å². The van der Waals surface area contributed by atoms with E-state index in [2.05, 4.69) is 27.3 Å². The van der Waals surface area contributed by atoms with Crippen molar-refractivity contribution in [1.29, 1.82) is 0 Å². The highest BCUT2D eigenvalue weighted by molar-refractivity contribution is 5.77. The molecule has 2 heterocycles. The minimum absolute atomic E-state index is 0.200. The zero-order chi connectivity index (χ0) is 17.6. The molecule has 2 atom stereocenters. The zero-order valence-electron chi connectivity index (χ0n) is 15.0. The fourth-order valence-electron chi connectivity index (χ4n) is 4.03. The Morgan fingerprint density at radius 2 is 2.08 bits per heavy atom. The molecule has 0 unspecified atom stereocenters. The third-order valence-electron chi connectivity index (χ3n) is 5.37. The quantitative estimate of drug-likeness (QED) is 0.860. The number of piperidine rings is 2. The van der Waals surface area contributed by atoms with Crippen LogP contribution >= 0.6 is 0 Å². The van der Waals surface area contributed by atoms with Crippen LogP contribution in [0.3, 0.4) is 0 Å². The lowest BCUT2D eigenvalue weighted by Gasteiger charge is -2.47. The molecule has 0 aliphatic carbocycles. The van der Waals surface area contributed by atoms with E-state index in [1.807, 2.05) is 7.05 Å². The summed E-state index contributed by atoms with van der Waals surface area (Å²) in [6.45, 7) is 4.67. The predicted molar refractivity (Wildman–Crippen MR) is 98.6 cm³/mol. The first kappa shape index (κ1) is 18.1. The second kappa shape index (κ2) is 8.59. The van der Waals surface area contributed by atoms with Crippen molar-refractivity contribution in [3.63, 3.8) is 0 Å². The Kier molecular flexibility index (Phi) is 6.21. The van der Waals surface area contributed by atoms with Crippen LogP contribution in [0.2, 0.25) is 0 Å². The molecule has 2 saturated heterocycles. The molecule has 0 spiro atoms. The average molecular weight is 345 g/mol. The Labute approximate surface area is 149 Å². The standard InChI is InChI=1S/C20H28FN3O/c1-22-11-14-24-19-10-13-23(15-17(19)6-9-20(24)25)12-2-3-16-4-7-18(21)8-5-16/h2-5,7-8,17,19,22H,6,9-15H2,1H3/b3-2+/t17-,19+/m0/s1. The number of nitrogens with zero attached hydrogens (tertiary/aromatic N) is 2. The maximum absolute atomic E-state index is 12.9. The summed E-state index contributed by atoms with van der Waals surface area (Å²) in [6.07, 6.45) is 6.96. The van der Waals surface area contributed by atoms with E-state index in [4.69, 9.17) is 0 Å². The molecule has 0 bridgehead atoms. The number of hydrogen-bond acceptors (Lipinski definition) is 3. The average Bonchev–Trinajstić information content (AvgIpc) is 2.63. The van der Waals surface area contributed by atoms with Gasteiger partial charge >= 0.3 is 0 Å². The first-order valence-electron chi connectivity index (χ1n) is 9.26. The topological polar surface area (TPSA) is 35.6 Å². The van der Waals surface area contributed by atoms with Gasteiger partial charge in [0.1, 0.15) is 5.82 Å². The van der Waals surface area contributed by atoms with E-state index < -0.39 is 0 Å². The van der Waals surface area contributed by atoms with Crippen molar-refractivity contribution in [3.8, 4) is 0 Å². The molecule has 4 nitrogen and oxygen atoms in total. The Morgan fingerprint density at radius 3 is 2.84 bits per heavy atom. The molecular formula is C20H28FN3O. The fraction of sp³-hybridized carbons (Fsp3) is 0.550. The molecule has 1 aromatic carbocycles. The third-order valence-corrected chi connectivity index (χ3v) is 5.37. The molecule has 1 N–H and O–H groups in total. The number of halogens is 1. The molecule has 1 aromatic rings. The summed E-state index contributed by atoms with van der Waals surface area (Å²) in [4.78, 5) is 16.8. The zero-order valence-corrected chi connectivity index (χ0v) is 15.0. The summed E-state index contributed by atoms with van der Waals surface area (Å²) in [6, 6.07) is 6.98. The van der Waals surface area contributed by atoms with Crippen molar-refractivity contribution >= 4 is 12.0 Å². The van der Waals surface area contributed by atoms with Crippen LogP contribution in [0.4, 0.5) is 4.39 Å². The molecule has 2 fully saturated rings. The molecule has 1 amide bonds. The van der Waals surface area contributed by atoms with Gasteiger partial charge in [0.15, 0.2) is 0 Å². The van der Waals surface area contributed by atoms with Crippen LogP contribution in [-0.2, 0) is 4.79 Å². The maximum atomic E-state index is 12.9. The van der Waals surface area contributed by atoms with Gasteiger partial charge in [-0.15, -0.1) is 0 Å². The van der Waals surface area contributed by atoms with Crippen molar-refractivity contribution in [2.24, 2.45) is 5.92 Å². The molecule has 0 saturated carbocycles. The number of amides is 1. The summed E-state index contributed by atoms with van der Waals surface area (Å²) in [5, 5.41) is 3.15. The largest absolute Gasteiger partial charge is 0.338 e. The molecule has 0 radical (unpaired) electrons. The lowest BCUT2D eigenvalue weighted by Crippen LogP contribution is -2.57. The van der Waals surface area contributed by atoms with Crippen LogP contribution < -0.4 is 5.32 Å². The molecule has 0 aromatic heterocycles. The van der Waals surface area contributed by atoms with Gasteiger partial charge in [-0.05, 0) is 43.5 Å². The Bertz CT molecular complexity index is 601. The highest BCUT2D eigenvalue weighted by atomic mass is 19.1. The van der Waals surface area contributed by atoms with Gasteiger partial charge in [0.05, 0.1) is 0 Å². The number of rotatable bonds is 6. The smallest absolute Gasteiger partial charge is 0.222 e. The summed E-state index contributed by atoms with van der Waals surface area (Å²) in [5.41, 5.74) is 1.03. The first-order valence-corrected chi connectivity index (χ1v) is 9.26. The van der Waals surface area contributed by atoms with E-state index in [1.54, 1.807) is 12.1 Å². The molecule has 2 aliphatic heterocycles. The van der Waals surface area contributed by atoms with Crippen LogP contribution in [0, 0.1) is 11.7 Å². The minimum Gasteiger partial charge on any atom is -0.338 e. The highest BCUT2D eigenvalue weighted by Crippen LogP contribution is 2.31. The predicted octanol–water partition coefficient (Wildman–Crippen LogP) is 2.37. The minimum atomic E-state index is -0.200. The molecule has 136 valence electrons. The van der Waals surface area contributed by atoms with Crippen LogP contribution in [0.15, 0.2) is 30.3 Å². The number of benzene rings is 1. The maximum Gasteiger partial charge on any atom is 0.222 e. The number of hydrogen-bond donors (Lipinski definition) is 1. The van der Waals surface area contributed by atoms with E-state index in [1.165, 1.54) is 12.1 Å². The van der Waals surface area contributed by atoms with E-state index in [-0.39, 0.29) is 5.82 Å². The normalized spacial score (nSPS) is 24.7. The van der Waals surface area contributed by atoms with Crippen molar-refractivity contribution in [3.05, 3.63) is 41.7 Å². The van der Waals surface area contributed by atoms with E-state index in [0.717, 1.165) is 51.1 Å². The number of likely N-dealkylation sites (tertiary alicyclic amines) is 2. The molecule has 3 rings (SSSR count). The van der Waals surface area contributed by atoms with Gasteiger partial charge in [-0.3, -0.25) is 9.69 Å². The van der Waals surface area contributed by atoms with E-state index in [0.29, 0.717) is 24.3 Å². The number of likely N-dealkylation sites (N-methyl/N-ethyl adjacent to an activating group) is 1. The van der Waals surface area contributed by atoms with Gasteiger partial charge in [0.2, 0.25) is 5.91 Å². The molecule has 25 heavy (non-hydrogen) atoms.